The highest BCUT2D eigenvalue weighted by molar-refractivity contribution is 5.94. The van der Waals surface area contributed by atoms with E-state index in [1.165, 1.54) is 0 Å². The van der Waals surface area contributed by atoms with E-state index < -0.39 is 0 Å². The molecule has 0 aliphatic carbocycles. The average molecular weight is 321 g/mol. The first-order valence-electron chi connectivity index (χ1n) is 6.41. The molecule has 1 aliphatic rings. The number of rotatable bonds is 3. The fraction of sp³-hybridized carbons (Fsp3) is 0.538. The number of pyridine rings is 1. The van der Waals surface area contributed by atoms with Gasteiger partial charge in [0.05, 0.1) is 5.69 Å². The molecule has 0 saturated carbocycles. The summed E-state index contributed by atoms with van der Waals surface area (Å²) in [6.07, 6.45) is 1.65. The van der Waals surface area contributed by atoms with Crippen LogP contribution in [0.4, 0.5) is 0 Å². The molecule has 1 saturated heterocycles. The van der Waals surface area contributed by atoms with E-state index in [4.69, 9.17) is 5.73 Å². The van der Waals surface area contributed by atoms with Gasteiger partial charge in [-0.1, -0.05) is 6.92 Å². The van der Waals surface area contributed by atoms with E-state index in [1.807, 2.05) is 4.90 Å². The monoisotopic (exact) mass is 320 g/mol. The summed E-state index contributed by atoms with van der Waals surface area (Å²) >= 11 is 0. The van der Waals surface area contributed by atoms with Crippen molar-refractivity contribution in [1.82, 2.24) is 14.8 Å². The molecule has 0 spiro atoms. The largest absolute Gasteiger partial charge is 0.336 e. The van der Waals surface area contributed by atoms with Crippen molar-refractivity contribution >= 4 is 30.7 Å². The van der Waals surface area contributed by atoms with E-state index in [9.17, 15) is 4.79 Å². The van der Waals surface area contributed by atoms with Crippen LogP contribution in [0.15, 0.2) is 18.3 Å². The molecule has 7 heteroatoms. The zero-order chi connectivity index (χ0) is 13.0. The lowest BCUT2D eigenvalue weighted by Crippen LogP contribution is -2.48. The van der Waals surface area contributed by atoms with Crippen molar-refractivity contribution in [3.8, 4) is 0 Å². The smallest absolute Gasteiger partial charge is 0.254 e. The van der Waals surface area contributed by atoms with Crippen LogP contribution in [0.3, 0.4) is 0 Å². The van der Waals surface area contributed by atoms with Gasteiger partial charge in [0.15, 0.2) is 0 Å². The van der Waals surface area contributed by atoms with Crippen LogP contribution in [-0.2, 0) is 6.54 Å². The predicted octanol–water partition coefficient (Wildman–Crippen LogP) is 1.16. The first-order chi connectivity index (χ1) is 8.74. The highest BCUT2D eigenvalue weighted by atomic mass is 35.5. The molecule has 0 bridgehead atoms. The fourth-order valence-electron chi connectivity index (χ4n) is 2.17. The molecule has 20 heavy (non-hydrogen) atoms. The average Bonchev–Trinajstić information content (AvgIpc) is 2.46. The van der Waals surface area contributed by atoms with E-state index in [-0.39, 0.29) is 30.7 Å². The summed E-state index contributed by atoms with van der Waals surface area (Å²) in [7, 11) is 0. The number of carbonyl (C=O) groups excluding carboxylic acids is 1. The Balaban J connectivity index is 0.00000180. The van der Waals surface area contributed by atoms with Gasteiger partial charge in [0, 0.05) is 44.5 Å². The molecule has 0 atom stereocenters. The molecule has 5 nitrogen and oxygen atoms in total. The summed E-state index contributed by atoms with van der Waals surface area (Å²) in [4.78, 5) is 20.7. The molecule has 1 amide bonds. The van der Waals surface area contributed by atoms with E-state index >= 15 is 0 Å². The van der Waals surface area contributed by atoms with Gasteiger partial charge in [0.25, 0.3) is 5.91 Å². The number of halogens is 2. The molecule has 114 valence electrons. The topological polar surface area (TPSA) is 62.5 Å². The zero-order valence-corrected chi connectivity index (χ0v) is 13.3. The van der Waals surface area contributed by atoms with Crippen molar-refractivity contribution in [1.29, 1.82) is 0 Å². The number of hydrogen-bond donors (Lipinski definition) is 1. The van der Waals surface area contributed by atoms with Crippen molar-refractivity contribution in [3.63, 3.8) is 0 Å². The van der Waals surface area contributed by atoms with Crippen molar-refractivity contribution in [2.24, 2.45) is 5.73 Å². The fourth-order valence-corrected chi connectivity index (χ4v) is 2.17. The van der Waals surface area contributed by atoms with Gasteiger partial charge in [0.1, 0.15) is 0 Å². The summed E-state index contributed by atoms with van der Waals surface area (Å²) in [6, 6.07) is 3.54. The molecule has 2 heterocycles. The summed E-state index contributed by atoms with van der Waals surface area (Å²) in [5, 5.41) is 0. The number of carbonyl (C=O) groups is 1. The second-order valence-electron chi connectivity index (χ2n) is 4.47. The maximum atomic E-state index is 12.3. The quantitative estimate of drug-likeness (QED) is 0.907. The Labute approximate surface area is 132 Å². The van der Waals surface area contributed by atoms with Crippen LogP contribution in [0.5, 0.6) is 0 Å². The highest BCUT2D eigenvalue weighted by Crippen LogP contribution is 2.09. The van der Waals surface area contributed by atoms with Gasteiger partial charge in [-0.2, -0.15) is 0 Å². The van der Waals surface area contributed by atoms with Crippen LogP contribution in [0.1, 0.15) is 23.0 Å². The lowest BCUT2D eigenvalue weighted by Gasteiger charge is -2.34. The van der Waals surface area contributed by atoms with E-state index in [0.717, 1.165) is 38.4 Å². The molecule has 1 fully saturated rings. The van der Waals surface area contributed by atoms with Gasteiger partial charge in [-0.05, 0) is 18.7 Å². The number of piperazine rings is 1. The first-order valence-corrected chi connectivity index (χ1v) is 6.41. The number of aromatic nitrogens is 1. The lowest BCUT2D eigenvalue weighted by atomic mass is 10.2. The third kappa shape index (κ3) is 4.59. The maximum Gasteiger partial charge on any atom is 0.254 e. The molecule has 1 aromatic rings. The van der Waals surface area contributed by atoms with Gasteiger partial charge in [-0.3, -0.25) is 9.78 Å². The van der Waals surface area contributed by atoms with Crippen molar-refractivity contribution in [2.45, 2.75) is 13.5 Å². The number of hydrogen-bond acceptors (Lipinski definition) is 4. The summed E-state index contributed by atoms with van der Waals surface area (Å²) in [5.41, 5.74) is 6.99. The van der Waals surface area contributed by atoms with Gasteiger partial charge in [-0.15, -0.1) is 24.8 Å². The maximum absolute atomic E-state index is 12.3. The Morgan fingerprint density at radius 1 is 1.30 bits per heavy atom. The first kappa shape index (κ1) is 19.1. The third-order valence-corrected chi connectivity index (χ3v) is 3.38. The van der Waals surface area contributed by atoms with Crippen molar-refractivity contribution < 1.29 is 4.79 Å². The molecule has 1 aromatic heterocycles. The summed E-state index contributed by atoms with van der Waals surface area (Å²) in [6.45, 7) is 7.07. The van der Waals surface area contributed by atoms with Crippen LogP contribution in [0, 0.1) is 0 Å². The van der Waals surface area contributed by atoms with Gasteiger partial charge >= 0.3 is 0 Å². The second kappa shape index (κ2) is 9.13. The van der Waals surface area contributed by atoms with Crippen molar-refractivity contribution in [3.05, 3.63) is 29.6 Å². The molecule has 0 aromatic carbocycles. The standard InChI is InChI=1S/C13H20N4O.2ClH/c1-2-16-5-7-17(8-6-16)13(18)11-3-4-15-12(9-11)10-14;;/h3-4,9H,2,5-8,10,14H2,1H3;2*1H. The summed E-state index contributed by atoms with van der Waals surface area (Å²) < 4.78 is 0. The number of nitrogens with two attached hydrogens (primary N) is 1. The normalized spacial score (nSPS) is 15.2. The van der Waals surface area contributed by atoms with E-state index in [0.29, 0.717) is 12.1 Å². The Kier molecular flexibility index (Phi) is 8.73. The molecule has 2 N–H and O–H groups in total. The zero-order valence-electron chi connectivity index (χ0n) is 11.6. The molecule has 2 rings (SSSR count). The Morgan fingerprint density at radius 2 is 1.95 bits per heavy atom. The minimum Gasteiger partial charge on any atom is -0.336 e. The van der Waals surface area contributed by atoms with Crippen LogP contribution in [-0.4, -0.2) is 53.4 Å². The van der Waals surface area contributed by atoms with Gasteiger partial charge < -0.3 is 15.5 Å². The molecular formula is C13H22Cl2N4O. The SMILES string of the molecule is CCN1CCN(C(=O)c2ccnc(CN)c2)CC1.Cl.Cl. The Bertz CT molecular complexity index is 423. The highest BCUT2D eigenvalue weighted by Gasteiger charge is 2.21. The van der Waals surface area contributed by atoms with E-state index in [2.05, 4.69) is 16.8 Å². The van der Waals surface area contributed by atoms with Crippen LogP contribution >= 0.6 is 24.8 Å². The predicted molar refractivity (Wildman–Crippen MR) is 84.6 cm³/mol. The third-order valence-electron chi connectivity index (χ3n) is 3.38. The number of nitrogens with zero attached hydrogens (tertiary/aromatic N) is 3. The second-order valence-corrected chi connectivity index (χ2v) is 4.47. The van der Waals surface area contributed by atoms with E-state index in [1.54, 1.807) is 18.3 Å². The molecule has 0 radical (unpaired) electrons. The number of likely N-dealkylation sites (N-methyl/N-ethyl adjacent to an activating group) is 1. The lowest BCUT2D eigenvalue weighted by molar-refractivity contribution is 0.0643. The molecule has 0 unspecified atom stereocenters. The van der Waals surface area contributed by atoms with Crippen LogP contribution < -0.4 is 5.73 Å². The van der Waals surface area contributed by atoms with Crippen molar-refractivity contribution in [2.75, 3.05) is 32.7 Å². The van der Waals surface area contributed by atoms with Gasteiger partial charge in [0.2, 0.25) is 0 Å². The van der Waals surface area contributed by atoms with Gasteiger partial charge in [-0.25, -0.2) is 0 Å². The Hall–Kier alpha value is -0.880. The molecule has 1 aliphatic heterocycles. The minimum atomic E-state index is 0. The minimum absolute atomic E-state index is 0. The van der Waals surface area contributed by atoms with Crippen LogP contribution in [0.25, 0.3) is 0 Å². The van der Waals surface area contributed by atoms with Crippen LogP contribution in [0.2, 0.25) is 0 Å². The Morgan fingerprint density at radius 3 is 2.50 bits per heavy atom. The molecular weight excluding hydrogens is 299 g/mol. The number of amides is 1. The summed E-state index contributed by atoms with van der Waals surface area (Å²) in [5.74, 6) is 0.0860.